The number of phenolic OH excluding ortho intramolecular Hbond substituents is 1. The number of aryl methyl sites for hydroxylation is 2. The molecule has 0 saturated carbocycles. The van der Waals surface area contributed by atoms with Crippen LogP contribution in [0.5, 0.6) is 5.75 Å². The van der Waals surface area contributed by atoms with Crippen LogP contribution in [0.2, 0.25) is 0 Å². The third-order valence-corrected chi connectivity index (χ3v) is 3.27. The molecule has 0 heterocycles. The van der Waals surface area contributed by atoms with Crippen molar-refractivity contribution >= 4 is 5.91 Å². The molecule has 104 valence electrons. The molecular formula is C17H19NO2. The molecule has 0 spiro atoms. The van der Waals surface area contributed by atoms with E-state index in [4.69, 9.17) is 0 Å². The van der Waals surface area contributed by atoms with Crippen LogP contribution in [0.4, 0.5) is 0 Å². The fourth-order valence-electron chi connectivity index (χ4n) is 2.07. The zero-order valence-electron chi connectivity index (χ0n) is 12.1. The topological polar surface area (TPSA) is 40.5 Å². The zero-order chi connectivity index (χ0) is 14.7. The molecule has 0 bridgehead atoms. The molecule has 0 aromatic heterocycles. The Labute approximate surface area is 119 Å². The number of phenols is 1. The largest absolute Gasteiger partial charge is 0.507 e. The predicted molar refractivity (Wildman–Crippen MR) is 79.8 cm³/mol. The van der Waals surface area contributed by atoms with E-state index in [0.717, 1.165) is 11.1 Å². The molecule has 2 aromatic rings. The molecule has 0 atom stereocenters. The van der Waals surface area contributed by atoms with Gasteiger partial charge in [0.2, 0.25) is 0 Å². The lowest BCUT2D eigenvalue weighted by atomic mass is 10.1. The number of amides is 1. The van der Waals surface area contributed by atoms with E-state index >= 15 is 0 Å². The second-order valence-corrected chi connectivity index (χ2v) is 5.17. The Morgan fingerprint density at radius 3 is 2.30 bits per heavy atom. The fourth-order valence-corrected chi connectivity index (χ4v) is 2.07. The van der Waals surface area contributed by atoms with Crippen LogP contribution in [0.25, 0.3) is 0 Å². The number of hydrogen-bond donors (Lipinski definition) is 1. The third kappa shape index (κ3) is 3.18. The van der Waals surface area contributed by atoms with Crippen LogP contribution in [0.1, 0.15) is 27.0 Å². The minimum Gasteiger partial charge on any atom is -0.507 e. The highest BCUT2D eigenvalue weighted by Crippen LogP contribution is 2.20. The van der Waals surface area contributed by atoms with Gasteiger partial charge < -0.3 is 10.0 Å². The zero-order valence-corrected chi connectivity index (χ0v) is 12.1. The Hall–Kier alpha value is -2.29. The van der Waals surface area contributed by atoms with Crippen molar-refractivity contribution in [3.05, 3.63) is 64.7 Å². The van der Waals surface area contributed by atoms with E-state index < -0.39 is 0 Å². The molecule has 3 heteroatoms. The molecular weight excluding hydrogens is 250 g/mol. The molecule has 0 aliphatic heterocycles. The fraction of sp³-hybridized carbons (Fsp3) is 0.235. The molecule has 2 aromatic carbocycles. The predicted octanol–water partition coefficient (Wildman–Crippen LogP) is 3.28. The van der Waals surface area contributed by atoms with Crippen LogP contribution in [0.3, 0.4) is 0 Å². The van der Waals surface area contributed by atoms with Crippen LogP contribution < -0.4 is 0 Å². The van der Waals surface area contributed by atoms with Crippen molar-refractivity contribution in [3.8, 4) is 5.75 Å². The van der Waals surface area contributed by atoms with Crippen LogP contribution in [0, 0.1) is 13.8 Å². The maximum atomic E-state index is 12.4. The summed E-state index contributed by atoms with van der Waals surface area (Å²) in [4.78, 5) is 14.0. The van der Waals surface area contributed by atoms with Gasteiger partial charge in [-0.15, -0.1) is 0 Å². The molecule has 1 amide bonds. The Kier molecular flexibility index (Phi) is 4.08. The number of benzene rings is 2. The van der Waals surface area contributed by atoms with Gasteiger partial charge in [0.05, 0.1) is 5.56 Å². The van der Waals surface area contributed by atoms with Crippen LogP contribution in [-0.4, -0.2) is 23.0 Å². The van der Waals surface area contributed by atoms with Crippen LogP contribution in [-0.2, 0) is 6.54 Å². The van der Waals surface area contributed by atoms with Gasteiger partial charge in [0.1, 0.15) is 5.75 Å². The monoisotopic (exact) mass is 269 g/mol. The summed E-state index contributed by atoms with van der Waals surface area (Å²) in [5.41, 5.74) is 3.56. The molecule has 2 rings (SSSR count). The van der Waals surface area contributed by atoms with E-state index in [-0.39, 0.29) is 11.7 Å². The summed E-state index contributed by atoms with van der Waals surface area (Å²) in [5.74, 6) is -0.150. The summed E-state index contributed by atoms with van der Waals surface area (Å²) < 4.78 is 0. The van der Waals surface area contributed by atoms with Gasteiger partial charge in [-0.05, 0) is 31.5 Å². The van der Waals surface area contributed by atoms with Gasteiger partial charge >= 0.3 is 0 Å². The molecule has 3 nitrogen and oxygen atoms in total. The van der Waals surface area contributed by atoms with E-state index in [1.807, 2.05) is 38.1 Å². The van der Waals surface area contributed by atoms with Crippen molar-refractivity contribution in [3.63, 3.8) is 0 Å². The van der Waals surface area contributed by atoms with Gasteiger partial charge in [-0.25, -0.2) is 0 Å². The first-order chi connectivity index (χ1) is 9.47. The van der Waals surface area contributed by atoms with Crippen molar-refractivity contribution in [2.45, 2.75) is 20.4 Å². The maximum absolute atomic E-state index is 12.4. The minimum absolute atomic E-state index is 0.0244. The first-order valence-electron chi connectivity index (χ1n) is 6.58. The number of carbonyl (C=O) groups is 1. The molecule has 0 saturated heterocycles. The lowest BCUT2D eigenvalue weighted by Crippen LogP contribution is -2.26. The lowest BCUT2D eigenvalue weighted by Gasteiger charge is -2.18. The quantitative estimate of drug-likeness (QED) is 0.929. The Bertz CT molecular complexity index is 617. The number of carbonyl (C=O) groups excluding carboxylic acids is 1. The van der Waals surface area contributed by atoms with Gasteiger partial charge in [-0.3, -0.25) is 4.79 Å². The molecule has 20 heavy (non-hydrogen) atoms. The number of rotatable bonds is 3. The molecule has 0 fully saturated rings. The van der Waals surface area contributed by atoms with Crippen LogP contribution >= 0.6 is 0 Å². The highest BCUT2D eigenvalue weighted by Gasteiger charge is 2.16. The van der Waals surface area contributed by atoms with E-state index in [0.29, 0.717) is 12.1 Å². The Balaban J connectivity index is 2.16. The Morgan fingerprint density at radius 2 is 1.65 bits per heavy atom. The van der Waals surface area contributed by atoms with Crippen LogP contribution in [0.15, 0.2) is 42.5 Å². The summed E-state index contributed by atoms with van der Waals surface area (Å²) in [6.07, 6.45) is 0. The lowest BCUT2D eigenvalue weighted by molar-refractivity contribution is 0.0782. The van der Waals surface area contributed by atoms with Crippen molar-refractivity contribution in [2.75, 3.05) is 7.05 Å². The highest BCUT2D eigenvalue weighted by atomic mass is 16.3. The van der Waals surface area contributed by atoms with Crippen molar-refractivity contribution in [1.29, 1.82) is 0 Å². The van der Waals surface area contributed by atoms with Gasteiger partial charge in [0, 0.05) is 13.6 Å². The highest BCUT2D eigenvalue weighted by molar-refractivity contribution is 5.96. The van der Waals surface area contributed by atoms with E-state index in [2.05, 4.69) is 0 Å². The van der Waals surface area contributed by atoms with Crippen molar-refractivity contribution in [2.24, 2.45) is 0 Å². The first-order valence-corrected chi connectivity index (χ1v) is 6.58. The molecule has 0 radical (unpaired) electrons. The normalized spacial score (nSPS) is 10.3. The number of aromatic hydroxyl groups is 1. The van der Waals surface area contributed by atoms with Gasteiger partial charge in [-0.2, -0.15) is 0 Å². The summed E-state index contributed by atoms with van der Waals surface area (Å²) >= 11 is 0. The summed E-state index contributed by atoms with van der Waals surface area (Å²) in [6, 6.07) is 13.1. The van der Waals surface area contributed by atoms with Gasteiger partial charge in [0.15, 0.2) is 0 Å². The Morgan fingerprint density at radius 1 is 1.05 bits per heavy atom. The summed E-state index contributed by atoms with van der Waals surface area (Å²) in [5, 5.41) is 9.81. The van der Waals surface area contributed by atoms with E-state index in [1.54, 1.807) is 30.1 Å². The first kappa shape index (κ1) is 14.1. The van der Waals surface area contributed by atoms with Crippen molar-refractivity contribution in [1.82, 2.24) is 4.90 Å². The maximum Gasteiger partial charge on any atom is 0.257 e. The van der Waals surface area contributed by atoms with Gasteiger partial charge in [0.25, 0.3) is 5.91 Å². The molecule has 0 aliphatic rings. The number of hydrogen-bond acceptors (Lipinski definition) is 2. The van der Waals surface area contributed by atoms with Gasteiger partial charge in [-0.1, -0.05) is 41.5 Å². The summed E-state index contributed by atoms with van der Waals surface area (Å²) in [6.45, 7) is 4.45. The minimum atomic E-state index is -0.174. The second kappa shape index (κ2) is 5.78. The molecule has 0 unspecified atom stereocenters. The number of nitrogens with zero attached hydrogens (tertiary/aromatic N) is 1. The average Bonchev–Trinajstić information content (AvgIpc) is 2.43. The molecule has 0 aliphatic carbocycles. The SMILES string of the molecule is Cc1ccc(CN(C)C(=O)c2cc(C)ccc2O)cc1. The third-order valence-electron chi connectivity index (χ3n) is 3.27. The summed E-state index contributed by atoms with van der Waals surface area (Å²) in [7, 11) is 1.74. The smallest absolute Gasteiger partial charge is 0.257 e. The average molecular weight is 269 g/mol. The second-order valence-electron chi connectivity index (χ2n) is 5.17. The molecule has 1 N–H and O–H groups in total. The van der Waals surface area contributed by atoms with E-state index in [9.17, 15) is 9.90 Å². The van der Waals surface area contributed by atoms with E-state index in [1.165, 1.54) is 5.56 Å². The van der Waals surface area contributed by atoms with Crippen molar-refractivity contribution < 1.29 is 9.90 Å². The standard InChI is InChI=1S/C17H19NO2/c1-12-4-7-14(8-5-12)11-18(3)17(20)15-10-13(2)6-9-16(15)19/h4-10,19H,11H2,1-3H3.